The molecule has 0 unspecified atom stereocenters. The van der Waals surface area contributed by atoms with Crippen LogP contribution in [0.3, 0.4) is 0 Å². The lowest BCUT2D eigenvalue weighted by atomic mass is 10.1. The molecule has 9 heteroatoms. The SMILES string of the molecule is CC(C)(C)OC(=O)N1C[C@H](N=[N+]=[N-])C[C@H]1C(=O)N1CCSC1. The van der Waals surface area contributed by atoms with Crippen LogP contribution in [0.2, 0.25) is 0 Å². The first-order chi connectivity index (χ1) is 10.3. The summed E-state index contributed by atoms with van der Waals surface area (Å²) in [6, 6.07) is -0.995. The molecule has 122 valence electrons. The number of rotatable bonds is 2. The Morgan fingerprint density at radius 2 is 2.14 bits per heavy atom. The van der Waals surface area contributed by atoms with E-state index in [1.807, 2.05) is 0 Å². The minimum Gasteiger partial charge on any atom is -0.444 e. The molecule has 2 heterocycles. The fourth-order valence-corrected chi connectivity index (χ4v) is 3.48. The lowest BCUT2D eigenvalue weighted by Gasteiger charge is -2.29. The molecule has 8 nitrogen and oxygen atoms in total. The monoisotopic (exact) mass is 327 g/mol. The van der Waals surface area contributed by atoms with Crippen LogP contribution >= 0.6 is 11.8 Å². The lowest BCUT2D eigenvalue weighted by molar-refractivity contribution is -0.134. The fourth-order valence-electron chi connectivity index (χ4n) is 2.53. The molecular formula is C13H21N5O3S. The molecule has 0 aliphatic carbocycles. The van der Waals surface area contributed by atoms with E-state index in [-0.39, 0.29) is 18.5 Å². The molecule has 0 N–H and O–H groups in total. The van der Waals surface area contributed by atoms with Gasteiger partial charge in [-0.1, -0.05) is 5.11 Å². The number of carbonyl (C=O) groups is 2. The number of carbonyl (C=O) groups excluding carboxylic acids is 2. The Labute approximate surface area is 133 Å². The van der Waals surface area contributed by atoms with Gasteiger partial charge in [0, 0.05) is 23.8 Å². The van der Waals surface area contributed by atoms with Crippen LogP contribution in [0.5, 0.6) is 0 Å². The molecule has 0 aromatic rings. The van der Waals surface area contributed by atoms with Gasteiger partial charge >= 0.3 is 6.09 Å². The summed E-state index contributed by atoms with van der Waals surface area (Å²) in [5, 5.41) is 3.67. The predicted octanol–water partition coefficient (Wildman–Crippen LogP) is 2.21. The van der Waals surface area contributed by atoms with Crippen molar-refractivity contribution in [3.05, 3.63) is 10.4 Å². The van der Waals surface area contributed by atoms with Crippen molar-refractivity contribution in [3.63, 3.8) is 0 Å². The average Bonchev–Trinajstić information content (AvgIpc) is 3.05. The summed E-state index contributed by atoms with van der Waals surface area (Å²) in [6.45, 7) is 6.24. The highest BCUT2D eigenvalue weighted by Gasteiger charge is 2.43. The molecule has 2 saturated heterocycles. The largest absolute Gasteiger partial charge is 0.444 e. The number of ether oxygens (including phenoxy) is 1. The van der Waals surface area contributed by atoms with Crippen LogP contribution in [0.1, 0.15) is 27.2 Å². The highest BCUT2D eigenvalue weighted by molar-refractivity contribution is 7.99. The van der Waals surface area contributed by atoms with Crippen molar-refractivity contribution in [2.45, 2.75) is 44.9 Å². The molecule has 2 rings (SSSR count). The van der Waals surface area contributed by atoms with Crippen LogP contribution in [-0.2, 0) is 9.53 Å². The Morgan fingerprint density at radius 1 is 1.41 bits per heavy atom. The molecule has 2 aliphatic rings. The quantitative estimate of drug-likeness (QED) is 0.441. The van der Waals surface area contributed by atoms with Gasteiger partial charge < -0.3 is 9.64 Å². The first-order valence-corrected chi connectivity index (χ1v) is 8.37. The number of hydrogen-bond donors (Lipinski definition) is 0. The Morgan fingerprint density at radius 3 is 2.68 bits per heavy atom. The topological polar surface area (TPSA) is 98.6 Å². The van der Waals surface area contributed by atoms with Crippen LogP contribution in [-0.4, -0.2) is 64.2 Å². The third-order valence-electron chi connectivity index (χ3n) is 3.47. The third kappa shape index (κ3) is 3.98. The third-order valence-corrected chi connectivity index (χ3v) is 4.44. The summed E-state index contributed by atoms with van der Waals surface area (Å²) >= 11 is 1.69. The van der Waals surface area contributed by atoms with Gasteiger partial charge in [0.1, 0.15) is 11.6 Å². The van der Waals surface area contributed by atoms with Crippen LogP contribution in [0.25, 0.3) is 10.4 Å². The maximum atomic E-state index is 12.6. The zero-order valence-electron chi connectivity index (χ0n) is 13.1. The van der Waals surface area contributed by atoms with E-state index < -0.39 is 17.7 Å². The van der Waals surface area contributed by atoms with Crippen molar-refractivity contribution in [3.8, 4) is 0 Å². The normalized spacial score (nSPS) is 25.0. The Kier molecular flexibility index (Phi) is 5.08. The van der Waals surface area contributed by atoms with E-state index in [4.69, 9.17) is 10.3 Å². The van der Waals surface area contributed by atoms with Crippen LogP contribution in [0, 0.1) is 0 Å². The van der Waals surface area contributed by atoms with Gasteiger partial charge in [0.25, 0.3) is 0 Å². The predicted molar refractivity (Wildman–Crippen MR) is 83.3 cm³/mol. The Bertz CT molecular complexity index is 494. The number of likely N-dealkylation sites (tertiary alicyclic amines) is 1. The molecule has 2 aliphatic heterocycles. The van der Waals surface area contributed by atoms with Crippen LogP contribution in [0.4, 0.5) is 4.79 Å². The second-order valence-corrected chi connectivity index (χ2v) is 7.46. The molecule has 0 radical (unpaired) electrons. The summed E-state index contributed by atoms with van der Waals surface area (Å²) in [7, 11) is 0. The molecule has 0 aromatic heterocycles. The highest BCUT2D eigenvalue weighted by Crippen LogP contribution is 2.26. The maximum absolute atomic E-state index is 12.6. The number of nitrogens with zero attached hydrogens (tertiary/aromatic N) is 5. The molecule has 22 heavy (non-hydrogen) atoms. The standard InChI is InChI=1S/C13H21N5O3S/c1-13(2,3)21-12(20)18-7-9(15-16-14)6-10(18)11(19)17-4-5-22-8-17/h9-10H,4-8H2,1-3H3/t9-,10+/m1/s1. The minimum absolute atomic E-state index is 0.0912. The molecule has 0 aromatic carbocycles. The van der Waals surface area contributed by atoms with E-state index in [0.717, 1.165) is 5.75 Å². The molecule has 0 saturated carbocycles. The zero-order chi connectivity index (χ0) is 16.3. The first kappa shape index (κ1) is 16.8. The van der Waals surface area contributed by atoms with Gasteiger partial charge in [-0.05, 0) is 32.7 Å². The van der Waals surface area contributed by atoms with E-state index in [1.165, 1.54) is 4.90 Å². The van der Waals surface area contributed by atoms with E-state index >= 15 is 0 Å². The number of azide groups is 1. The van der Waals surface area contributed by atoms with Crippen LogP contribution < -0.4 is 0 Å². The smallest absolute Gasteiger partial charge is 0.410 e. The maximum Gasteiger partial charge on any atom is 0.410 e. The zero-order valence-corrected chi connectivity index (χ0v) is 13.9. The van der Waals surface area contributed by atoms with Gasteiger partial charge in [0.05, 0.1) is 11.9 Å². The number of thioether (sulfide) groups is 1. The molecule has 0 spiro atoms. The lowest BCUT2D eigenvalue weighted by Crippen LogP contribution is -2.48. The summed E-state index contributed by atoms with van der Waals surface area (Å²) in [4.78, 5) is 30.9. The summed E-state index contributed by atoms with van der Waals surface area (Å²) < 4.78 is 5.37. The average molecular weight is 327 g/mol. The van der Waals surface area contributed by atoms with Gasteiger partial charge in [0.15, 0.2) is 0 Å². The molecule has 2 fully saturated rings. The highest BCUT2D eigenvalue weighted by atomic mass is 32.2. The van der Waals surface area contributed by atoms with Gasteiger partial charge in [-0.2, -0.15) is 0 Å². The second kappa shape index (κ2) is 6.66. The van der Waals surface area contributed by atoms with Crippen molar-refractivity contribution in [1.82, 2.24) is 9.80 Å². The summed E-state index contributed by atoms with van der Waals surface area (Å²) in [5.74, 6) is 1.46. The van der Waals surface area contributed by atoms with Crippen LogP contribution in [0.15, 0.2) is 5.11 Å². The van der Waals surface area contributed by atoms with Crippen molar-refractivity contribution in [2.75, 3.05) is 24.7 Å². The van der Waals surface area contributed by atoms with Gasteiger partial charge in [0.2, 0.25) is 5.91 Å². The summed E-state index contributed by atoms with van der Waals surface area (Å²) in [5.41, 5.74) is 7.97. The Hall–Kier alpha value is -1.60. The van der Waals surface area contributed by atoms with E-state index in [9.17, 15) is 9.59 Å². The van der Waals surface area contributed by atoms with Crippen molar-refractivity contribution >= 4 is 23.8 Å². The van der Waals surface area contributed by atoms with Crippen molar-refractivity contribution in [1.29, 1.82) is 0 Å². The molecule has 2 atom stereocenters. The molecule has 0 bridgehead atoms. The number of amides is 2. The summed E-state index contributed by atoms with van der Waals surface area (Å²) in [6.07, 6.45) is -0.183. The molecule has 2 amide bonds. The number of hydrogen-bond acceptors (Lipinski definition) is 5. The van der Waals surface area contributed by atoms with Gasteiger partial charge in [-0.25, -0.2) is 4.79 Å². The fraction of sp³-hybridized carbons (Fsp3) is 0.846. The van der Waals surface area contributed by atoms with E-state index in [0.29, 0.717) is 18.8 Å². The van der Waals surface area contributed by atoms with Gasteiger partial charge in [-0.15, -0.1) is 11.8 Å². The van der Waals surface area contributed by atoms with E-state index in [2.05, 4.69) is 10.0 Å². The second-order valence-electron chi connectivity index (χ2n) is 6.38. The minimum atomic E-state index is -0.634. The van der Waals surface area contributed by atoms with Crippen molar-refractivity contribution < 1.29 is 14.3 Å². The van der Waals surface area contributed by atoms with Crippen molar-refractivity contribution in [2.24, 2.45) is 5.11 Å². The van der Waals surface area contributed by atoms with Gasteiger partial charge in [-0.3, -0.25) is 9.69 Å². The van der Waals surface area contributed by atoms with E-state index in [1.54, 1.807) is 37.4 Å². The Balaban J connectivity index is 2.13. The molecular weight excluding hydrogens is 306 g/mol. The first-order valence-electron chi connectivity index (χ1n) is 7.22.